The normalized spacial score (nSPS) is 21.9. The molecule has 1 aliphatic rings. The predicted molar refractivity (Wildman–Crippen MR) is 66.8 cm³/mol. The van der Waals surface area contributed by atoms with Gasteiger partial charge in [-0.1, -0.05) is 6.07 Å². The van der Waals surface area contributed by atoms with E-state index in [1.807, 2.05) is 13.0 Å². The summed E-state index contributed by atoms with van der Waals surface area (Å²) in [6.45, 7) is 2.19. The number of carboxylic acids is 1. The molecule has 1 fully saturated rings. The van der Waals surface area contributed by atoms with Crippen LogP contribution in [0.1, 0.15) is 25.5 Å². The van der Waals surface area contributed by atoms with E-state index in [2.05, 4.69) is 4.98 Å². The molecule has 1 saturated heterocycles. The monoisotopic (exact) mass is 284 g/mol. The van der Waals surface area contributed by atoms with Gasteiger partial charge in [-0.2, -0.15) is 0 Å². The molecule has 0 N–H and O–H groups in total. The van der Waals surface area contributed by atoms with Gasteiger partial charge in [-0.05, 0) is 31.9 Å². The number of rotatable bonds is 3. The maximum Gasteiger partial charge on any atom is 1.00 e. The van der Waals surface area contributed by atoms with Gasteiger partial charge in [-0.15, -0.1) is 0 Å². The molecule has 0 spiro atoms. The summed E-state index contributed by atoms with van der Waals surface area (Å²) in [5.41, 5.74) is 0.704. The zero-order chi connectivity index (χ0) is 13.8. The summed E-state index contributed by atoms with van der Waals surface area (Å²) < 4.78 is 0. The molecule has 2 rings (SSSR count). The van der Waals surface area contributed by atoms with Crippen LogP contribution in [-0.2, 0) is 16.0 Å². The summed E-state index contributed by atoms with van der Waals surface area (Å²) in [7, 11) is 0. The first-order valence-electron chi connectivity index (χ1n) is 6.48. The number of carboxylic acid groups (broad SMARTS) is 1. The van der Waals surface area contributed by atoms with Crippen LogP contribution in [0, 0.1) is 5.92 Å². The number of carbonyl (C=O) groups is 2. The Balaban J connectivity index is 0.00000200. The van der Waals surface area contributed by atoms with Gasteiger partial charge in [0.15, 0.2) is 0 Å². The van der Waals surface area contributed by atoms with Crippen molar-refractivity contribution in [2.45, 2.75) is 32.2 Å². The fraction of sp³-hybridized carbons (Fsp3) is 0.500. The summed E-state index contributed by atoms with van der Waals surface area (Å²) >= 11 is 0. The minimum Gasteiger partial charge on any atom is -0.550 e. The molecule has 0 radical (unpaired) electrons. The van der Waals surface area contributed by atoms with Crippen LogP contribution in [0.5, 0.6) is 0 Å². The number of likely N-dealkylation sites (tertiary alicyclic amines) is 1. The molecule has 1 aromatic heterocycles. The Morgan fingerprint density at radius 1 is 1.40 bits per heavy atom. The van der Waals surface area contributed by atoms with Crippen LogP contribution in [0.2, 0.25) is 0 Å². The number of amides is 1. The van der Waals surface area contributed by atoms with Crippen LogP contribution in [0.15, 0.2) is 24.4 Å². The van der Waals surface area contributed by atoms with Gasteiger partial charge in [0.2, 0.25) is 5.91 Å². The average Bonchev–Trinajstić information content (AvgIpc) is 2.40. The third-order valence-electron chi connectivity index (χ3n) is 3.59. The molecule has 102 valence electrons. The fourth-order valence-electron chi connectivity index (χ4n) is 2.41. The van der Waals surface area contributed by atoms with Crippen molar-refractivity contribution in [3.63, 3.8) is 0 Å². The van der Waals surface area contributed by atoms with E-state index >= 15 is 0 Å². The second kappa shape index (κ2) is 7.76. The molecule has 1 aliphatic heterocycles. The molecule has 20 heavy (non-hydrogen) atoms. The first-order chi connectivity index (χ1) is 9.08. The number of hydrogen-bond donors (Lipinski definition) is 0. The third-order valence-corrected chi connectivity index (χ3v) is 3.59. The van der Waals surface area contributed by atoms with Gasteiger partial charge in [0.25, 0.3) is 0 Å². The smallest absolute Gasteiger partial charge is 0.550 e. The average molecular weight is 284 g/mol. The standard InChI is InChI=1S/C14H18N2O3.Na/c1-10-5-6-11(14(18)19)9-16(10)13(17)8-12-4-2-3-7-15-12;/h2-4,7,10-11H,5-6,8-9H2,1H3,(H,18,19);/q;+1/p-1/t10-,11+;/m0./s1. The van der Waals surface area contributed by atoms with E-state index in [1.54, 1.807) is 23.2 Å². The van der Waals surface area contributed by atoms with Crippen LogP contribution in [0.4, 0.5) is 0 Å². The van der Waals surface area contributed by atoms with E-state index in [4.69, 9.17) is 0 Å². The van der Waals surface area contributed by atoms with Gasteiger partial charge in [0, 0.05) is 36.4 Å². The van der Waals surface area contributed by atoms with Gasteiger partial charge in [-0.3, -0.25) is 9.78 Å². The summed E-state index contributed by atoms with van der Waals surface area (Å²) in [5, 5.41) is 10.9. The van der Waals surface area contributed by atoms with Crippen LogP contribution >= 0.6 is 0 Å². The molecule has 1 aromatic rings. The van der Waals surface area contributed by atoms with Crippen LogP contribution in [-0.4, -0.2) is 34.3 Å². The first-order valence-corrected chi connectivity index (χ1v) is 6.48. The van der Waals surface area contributed by atoms with Crippen LogP contribution in [0.25, 0.3) is 0 Å². The van der Waals surface area contributed by atoms with Gasteiger partial charge in [-0.25, -0.2) is 0 Å². The Kier molecular flexibility index (Phi) is 6.65. The topological polar surface area (TPSA) is 73.3 Å². The molecule has 0 saturated carbocycles. The summed E-state index contributed by atoms with van der Waals surface area (Å²) in [6.07, 6.45) is 3.14. The van der Waals surface area contributed by atoms with Crippen molar-refractivity contribution in [3.05, 3.63) is 30.1 Å². The maximum absolute atomic E-state index is 12.2. The molecule has 2 heterocycles. The van der Waals surface area contributed by atoms with Crippen molar-refractivity contribution in [2.24, 2.45) is 5.92 Å². The number of carbonyl (C=O) groups excluding carboxylic acids is 2. The number of aliphatic carboxylic acids is 1. The summed E-state index contributed by atoms with van der Waals surface area (Å²) in [6, 6.07) is 5.50. The Labute approximate surface area is 140 Å². The molecule has 0 bridgehead atoms. The maximum atomic E-state index is 12.2. The van der Waals surface area contributed by atoms with Crippen molar-refractivity contribution in [2.75, 3.05) is 6.54 Å². The summed E-state index contributed by atoms with van der Waals surface area (Å²) in [5.74, 6) is -1.69. The van der Waals surface area contributed by atoms with E-state index in [9.17, 15) is 14.7 Å². The number of hydrogen-bond acceptors (Lipinski definition) is 4. The van der Waals surface area contributed by atoms with Crippen LogP contribution < -0.4 is 34.7 Å². The third kappa shape index (κ3) is 4.30. The molecule has 2 atom stereocenters. The molecule has 0 unspecified atom stereocenters. The predicted octanol–water partition coefficient (Wildman–Crippen LogP) is -2.99. The van der Waals surface area contributed by atoms with Gasteiger partial charge >= 0.3 is 29.6 Å². The minimum atomic E-state index is -1.07. The van der Waals surface area contributed by atoms with Gasteiger partial charge in [0.1, 0.15) is 0 Å². The van der Waals surface area contributed by atoms with Gasteiger partial charge in [0.05, 0.1) is 6.42 Å². The molecule has 5 nitrogen and oxygen atoms in total. The van der Waals surface area contributed by atoms with Crippen molar-refractivity contribution < 1.29 is 44.3 Å². The van der Waals surface area contributed by atoms with E-state index < -0.39 is 11.9 Å². The fourth-order valence-corrected chi connectivity index (χ4v) is 2.41. The van der Waals surface area contributed by atoms with Gasteiger partial charge < -0.3 is 14.8 Å². The quantitative estimate of drug-likeness (QED) is 0.555. The molecule has 0 aromatic carbocycles. The van der Waals surface area contributed by atoms with Crippen molar-refractivity contribution in [3.8, 4) is 0 Å². The summed E-state index contributed by atoms with van der Waals surface area (Å²) in [4.78, 5) is 28.9. The number of pyridine rings is 1. The van der Waals surface area contributed by atoms with Crippen molar-refractivity contribution >= 4 is 11.9 Å². The molecule has 1 amide bonds. The van der Waals surface area contributed by atoms with E-state index in [0.29, 0.717) is 18.5 Å². The largest absolute Gasteiger partial charge is 1.00 e. The number of aromatic nitrogens is 1. The Morgan fingerprint density at radius 2 is 2.15 bits per heavy atom. The van der Waals surface area contributed by atoms with Crippen molar-refractivity contribution in [1.82, 2.24) is 9.88 Å². The molecule has 6 heteroatoms. The van der Waals surface area contributed by atoms with E-state index in [0.717, 1.165) is 0 Å². The van der Waals surface area contributed by atoms with Crippen LogP contribution in [0.3, 0.4) is 0 Å². The molecular formula is C14H17N2NaO3. The molecule has 0 aliphatic carbocycles. The number of piperidine rings is 1. The zero-order valence-electron chi connectivity index (χ0n) is 11.9. The Hall–Kier alpha value is -0.910. The minimum absolute atomic E-state index is 0. The first kappa shape index (κ1) is 17.1. The second-order valence-electron chi connectivity index (χ2n) is 4.99. The van der Waals surface area contributed by atoms with E-state index in [-0.39, 0.29) is 54.5 Å². The zero-order valence-corrected chi connectivity index (χ0v) is 13.9. The van der Waals surface area contributed by atoms with Crippen molar-refractivity contribution in [1.29, 1.82) is 0 Å². The second-order valence-corrected chi connectivity index (χ2v) is 4.99. The number of nitrogens with zero attached hydrogens (tertiary/aromatic N) is 2. The Bertz CT molecular complexity index is 467. The van der Waals surface area contributed by atoms with E-state index in [1.165, 1.54) is 0 Å². The Morgan fingerprint density at radius 3 is 2.75 bits per heavy atom. The SMILES string of the molecule is C[C@H]1CC[C@@H](C(=O)[O-])CN1C(=O)Cc1ccccn1.[Na+]. The molecular weight excluding hydrogens is 267 g/mol.